The Morgan fingerprint density at radius 3 is 2.44 bits per heavy atom. The lowest BCUT2D eigenvalue weighted by molar-refractivity contribution is -0.139. The van der Waals surface area contributed by atoms with Crippen LogP contribution >= 0.6 is 0 Å². The van der Waals surface area contributed by atoms with E-state index in [2.05, 4.69) is 4.98 Å². The molecular weight excluding hydrogens is 223 g/mol. The van der Waals surface area contributed by atoms with Gasteiger partial charge in [-0.15, -0.1) is 0 Å². The fraction of sp³-hybridized carbons (Fsp3) is 0.500. The van der Waals surface area contributed by atoms with Crippen LogP contribution in [0.2, 0.25) is 0 Å². The predicted molar refractivity (Wildman–Crippen MR) is 51.1 cm³/mol. The van der Waals surface area contributed by atoms with Crippen LogP contribution in [0.15, 0.2) is 6.20 Å². The average molecular weight is 235 g/mol. The predicted octanol–water partition coefficient (Wildman–Crippen LogP) is 2.16. The van der Waals surface area contributed by atoms with Crippen LogP contribution in [0.25, 0.3) is 0 Å². The molecule has 90 valence electrons. The summed E-state index contributed by atoms with van der Waals surface area (Å²) < 4.78 is 43.1. The zero-order valence-electron chi connectivity index (χ0n) is 8.93. The molecule has 0 saturated heterocycles. The summed E-state index contributed by atoms with van der Waals surface area (Å²) in [5.41, 5.74) is -1.10. The topological polar surface area (TPSA) is 42.4 Å². The molecule has 0 amide bonds. The number of methoxy groups -OCH3 is 1. The van der Waals surface area contributed by atoms with Gasteiger partial charge in [-0.3, -0.25) is 0 Å². The lowest BCUT2D eigenvalue weighted by Gasteiger charge is -2.17. The minimum Gasteiger partial charge on any atom is -0.481 e. The minimum absolute atomic E-state index is 0.0531. The summed E-state index contributed by atoms with van der Waals surface area (Å²) in [6.07, 6.45) is -3.20. The van der Waals surface area contributed by atoms with E-state index in [1.54, 1.807) is 6.92 Å². The number of aliphatic hydroxyl groups is 1. The number of ether oxygens (including phenoxy) is 1. The summed E-state index contributed by atoms with van der Waals surface area (Å²) >= 11 is 0. The summed E-state index contributed by atoms with van der Waals surface area (Å²) in [7, 11) is 1.22. The first-order valence-electron chi connectivity index (χ1n) is 4.68. The lowest BCUT2D eigenvalue weighted by atomic mass is 10.0. The van der Waals surface area contributed by atoms with Crippen molar-refractivity contribution in [2.45, 2.75) is 26.1 Å². The van der Waals surface area contributed by atoms with Crippen molar-refractivity contribution in [1.82, 2.24) is 4.98 Å². The second kappa shape index (κ2) is 4.69. The molecule has 0 bridgehead atoms. The van der Waals surface area contributed by atoms with Crippen molar-refractivity contribution in [3.05, 3.63) is 22.9 Å². The van der Waals surface area contributed by atoms with E-state index in [0.717, 1.165) is 6.20 Å². The van der Waals surface area contributed by atoms with E-state index in [0.29, 0.717) is 0 Å². The Labute approximate surface area is 90.9 Å². The zero-order valence-corrected chi connectivity index (χ0v) is 8.93. The van der Waals surface area contributed by atoms with Gasteiger partial charge in [-0.1, -0.05) is 6.92 Å². The normalized spacial score (nSPS) is 11.6. The lowest BCUT2D eigenvalue weighted by Crippen LogP contribution is -2.15. The van der Waals surface area contributed by atoms with E-state index < -0.39 is 18.3 Å². The monoisotopic (exact) mass is 235 g/mol. The summed E-state index contributed by atoms with van der Waals surface area (Å²) in [5.74, 6) is -0.188. The SMILES string of the molecule is CCc1cnc(OC)c(CO)c1C(F)(F)F. The maximum Gasteiger partial charge on any atom is 0.417 e. The van der Waals surface area contributed by atoms with Crippen LogP contribution in [-0.2, 0) is 19.2 Å². The molecule has 1 heterocycles. The van der Waals surface area contributed by atoms with Gasteiger partial charge in [0.2, 0.25) is 5.88 Å². The Bertz CT molecular complexity index is 377. The van der Waals surface area contributed by atoms with Gasteiger partial charge in [0.05, 0.1) is 24.8 Å². The van der Waals surface area contributed by atoms with E-state index >= 15 is 0 Å². The van der Waals surface area contributed by atoms with Gasteiger partial charge in [-0.25, -0.2) is 4.98 Å². The number of halogens is 3. The molecule has 0 aliphatic rings. The summed E-state index contributed by atoms with van der Waals surface area (Å²) in [6, 6.07) is 0. The highest BCUT2D eigenvalue weighted by Gasteiger charge is 2.37. The summed E-state index contributed by atoms with van der Waals surface area (Å²) in [4.78, 5) is 3.73. The molecule has 1 aromatic rings. The molecule has 0 aliphatic carbocycles. The van der Waals surface area contributed by atoms with E-state index in [9.17, 15) is 13.2 Å². The van der Waals surface area contributed by atoms with Crippen molar-refractivity contribution in [1.29, 1.82) is 0 Å². The fourth-order valence-electron chi connectivity index (χ4n) is 1.52. The first kappa shape index (κ1) is 12.8. The first-order chi connectivity index (χ1) is 7.45. The van der Waals surface area contributed by atoms with Gasteiger partial charge >= 0.3 is 6.18 Å². The Kier molecular flexibility index (Phi) is 3.74. The smallest absolute Gasteiger partial charge is 0.417 e. The first-order valence-corrected chi connectivity index (χ1v) is 4.68. The van der Waals surface area contributed by atoms with Crippen LogP contribution in [0.1, 0.15) is 23.6 Å². The van der Waals surface area contributed by atoms with E-state index in [4.69, 9.17) is 9.84 Å². The van der Waals surface area contributed by atoms with Crippen molar-refractivity contribution in [3.63, 3.8) is 0 Å². The fourth-order valence-corrected chi connectivity index (χ4v) is 1.52. The molecule has 1 aromatic heterocycles. The van der Waals surface area contributed by atoms with Crippen LogP contribution in [0.3, 0.4) is 0 Å². The highest BCUT2D eigenvalue weighted by Crippen LogP contribution is 2.37. The van der Waals surface area contributed by atoms with Gasteiger partial charge in [0.15, 0.2) is 0 Å². The quantitative estimate of drug-likeness (QED) is 0.873. The molecule has 0 fully saturated rings. The van der Waals surface area contributed by atoms with Gasteiger partial charge in [0, 0.05) is 6.20 Å². The Hall–Kier alpha value is -1.30. The summed E-state index contributed by atoms with van der Waals surface area (Å²) in [5, 5.41) is 8.99. The minimum atomic E-state index is -4.51. The van der Waals surface area contributed by atoms with Gasteiger partial charge in [0.25, 0.3) is 0 Å². The van der Waals surface area contributed by atoms with Gasteiger partial charge in [-0.2, -0.15) is 13.2 Å². The number of hydrogen-bond acceptors (Lipinski definition) is 3. The maximum atomic E-state index is 12.8. The van der Waals surface area contributed by atoms with Crippen molar-refractivity contribution >= 4 is 0 Å². The highest BCUT2D eigenvalue weighted by molar-refractivity contribution is 5.41. The molecule has 0 aliphatic heterocycles. The van der Waals surface area contributed by atoms with E-state index in [1.165, 1.54) is 7.11 Å². The molecule has 0 saturated carbocycles. The number of pyridine rings is 1. The second-order valence-electron chi connectivity index (χ2n) is 3.16. The molecule has 1 N–H and O–H groups in total. The van der Waals surface area contributed by atoms with Crippen molar-refractivity contribution < 1.29 is 23.0 Å². The third-order valence-electron chi connectivity index (χ3n) is 2.23. The molecule has 0 unspecified atom stereocenters. The van der Waals surface area contributed by atoms with Gasteiger partial charge in [0.1, 0.15) is 0 Å². The number of aromatic nitrogens is 1. The molecular formula is C10H12F3NO2. The number of nitrogens with zero attached hydrogens (tertiary/aromatic N) is 1. The number of aryl methyl sites for hydroxylation is 1. The van der Waals surface area contributed by atoms with Gasteiger partial charge in [-0.05, 0) is 12.0 Å². The summed E-state index contributed by atoms with van der Waals surface area (Å²) in [6.45, 7) is 0.846. The molecule has 6 heteroatoms. The molecule has 3 nitrogen and oxygen atoms in total. The van der Waals surface area contributed by atoms with Crippen LogP contribution < -0.4 is 4.74 Å². The maximum absolute atomic E-state index is 12.8. The highest BCUT2D eigenvalue weighted by atomic mass is 19.4. The zero-order chi connectivity index (χ0) is 12.3. The molecule has 1 rings (SSSR count). The Morgan fingerprint density at radius 1 is 1.44 bits per heavy atom. The van der Waals surface area contributed by atoms with Gasteiger partial charge < -0.3 is 9.84 Å². The Balaban J connectivity index is 3.49. The van der Waals surface area contributed by atoms with Crippen LogP contribution in [0.4, 0.5) is 13.2 Å². The largest absolute Gasteiger partial charge is 0.481 e. The molecule has 0 aromatic carbocycles. The number of alkyl halides is 3. The second-order valence-corrected chi connectivity index (χ2v) is 3.16. The molecule has 0 spiro atoms. The van der Waals surface area contributed by atoms with Crippen LogP contribution in [0, 0.1) is 0 Å². The van der Waals surface area contributed by atoms with Crippen molar-refractivity contribution in [2.24, 2.45) is 0 Å². The van der Waals surface area contributed by atoms with Crippen molar-refractivity contribution in [3.8, 4) is 5.88 Å². The number of hydrogen-bond donors (Lipinski definition) is 1. The van der Waals surface area contributed by atoms with Crippen LogP contribution in [0.5, 0.6) is 5.88 Å². The van der Waals surface area contributed by atoms with E-state index in [-0.39, 0.29) is 23.4 Å². The van der Waals surface area contributed by atoms with Crippen LogP contribution in [-0.4, -0.2) is 17.2 Å². The van der Waals surface area contributed by atoms with E-state index in [1.807, 2.05) is 0 Å². The standard InChI is InChI=1S/C10H12F3NO2/c1-3-6-4-14-9(16-2)7(5-15)8(6)10(11,12)13/h4,15H,3,5H2,1-2H3. The van der Waals surface area contributed by atoms with Crippen molar-refractivity contribution in [2.75, 3.05) is 7.11 Å². The third-order valence-corrected chi connectivity index (χ3v) is 2.23. The molecule has 0 atom stereocenters. The number of aliphatic hydroxyl groups excluding tert-OH is 1. The number of rotatable bonds is 3. The third kappa shape index (κ3) is 2.27. The molecule has 0 radical (unpaired) electrons. The average Bonchev–Trinajstić information content (AvgIpc) is 2.25. The molecule has 16 heavy (non-hydrogen) atoms. The Morgan fingerprint density at radius 2 is 2.06 bits per heavy atom.